The average molecular weight is 190 g/mol. The third-order valence-corrected chi connectivity index (χ3v) is 2.41. The van der Waals surface area contributed by atoms with Crippen LogP contribution in [0.25, 0.3) is 0 Å². The minimum Gasteiger partial charge on any atom is -0.354 e. The van der Waals surface area contributed by atoms with E-state index in [1.165, 1.54) is 7.11 Å². The van der Waals surface area contributed by atoms with Crippen LogP contribution < -0.4 is 22.9 Å². The van der Waals surface area contributed by atoms with Crippen LogP contribution in [0.5, 0.6) is 0 Å². The van der Waals surface area contributed by atoms with Gasteiger partial charge in [-0.05, 0) is 0 Å². The molecule has 0 aliphatic carbocycles. The van der Waals surface area contributed by atoms with Crippen molar-refractivity contribution >= 4 is 0 Å². The van der Waals surface area contributed by atoms with Crippen molar-refractivity contribution in [2.75, 3.05) is 13.7 Å². The van der Waals surface area contributed by atoms with Gasteiger partial charge in [0.25, 0.3) is 0 Å². The largest absolute Gasteiger partial charge is 0.354 e. The zero-order valence-electron chi connectivity index (χ0n) is 7.72. The molecule has 0 spiro atoms. The van der Waals surface area contributed by atoms with Gasteiger partial charge < -0.3 is 32.4 Å². The van der Waals surface area contributed by atoms with Gasteiger partial charge in [0, 0.05) is 25.7 Å². The molecule has 0 bridgehead atoms. The molecule has 1 rings (SSSR count). The van der Waals surface area contributed by atoms with Gasteiger partial charge in [-0.15, -0.1) is 0 Å². The summed E-state index contributed by atoms with van der Waals surface area (Å²) in [7, 11) is 1.52. The summed E-state index contributed by atoms with van der Waals surface area (Å²) in [6.45, 7) is 0.321. The van der Waals surface area contributed by atoms with Crippen LogP contribution in [-0.4, -0.2) is 44.2 Å². The van der Waals surface area contributed by atoms with E-state index < -0.39 is 12.3 Å². The van der Waals surface area contributed by atoms with Crippen LogP contribution in [0.15, 0.2) is 0 Å². The summed E-state index contributed by atoms with van der Waals surface area (Å²) < 4.78 is 10.4. The highest BCUT2D eigenvalue weighted by atomic mass is 16.7. The number of hydrogen-bond donors (Lipinski definition) is 4. The monoisotopic (exact) mass is 190 g/mol. The van der Waals surface area contributed by atoms with Gasteiger partial charge in [-0.2, -0.15) is 0 Å². The molecule has 0 radical (unpaired) electrons. The number of methoxy groups -OCH3 is 1. The van der Waals surface area contributed by atoms with Gasteiger partial charge in [0.05, 0.1) is 12.1 Å². The maximum atomic E-state index is 5.79. The molecule has 8 N–H and O–H groups in total. The molecule has 78 valence electrons. The Morgan fingerprint density at radius 2 is 1.77 bits per heavy atom. The highest BCUT2D eigenvalue weighted by molar-refractivity contribution is 4.97. The highest BCUT2D eigenvalue weighted by Crippen LogP contribution is 2.16. The molecule has 5 atom stereocenters. The van der Waals surface area contributed by atoms with E-state index in [0.717, 1.165) is 0 Å². The van der Waals surface area contributed by atoms with Crippen LogP contribution in [0.1, 0.15) is 0 Å². The number of ether oxygens (including phenoxy) is 2. The second-order valence-corrected chi connectivity index (χ2v) is 3.25. The van der Waals surface area contributed by atoms with Crippen LogP contribution in [0, 0.1) is 0 Å². The maximum Gasteiger partial charge on any atom is 0.174 e. The average Bonchev–Trinajstić information content (AvgIpc) is 2.15. The van der Waals surface area contributed by atoms with E-state index in [2.05, 4.69) is 0 Å². The van der Waals surface area contributed by atoms with Gasteiger partial charge in [0.1, 0.15) is 0 Å². The number of nitrogens with two attached hydrogens (primary N) is 4. The van der Waals surface area contributed by atoms with Gasteiger partial charge in [0.15, 0.2) is 6.29 Å². The molecule has 1 fully saturated rings. The molecule has 1 aliphatic rings. The lowest BCUT2D eigenvalue weighted by Gasteiger charge is -2.41. The lowest BCUT2D eigenvalue weighted by Crippen LogP contribution is -2.68. The smallest absolute Gasteiger partial charge is 0.174 e. The maximum absolute atomic E-state index is 5.79. The SMILES string of the molecule is CO[C@H]1O[C@H](CN)[C@@H](N)[C@H](N)[C@H]1N. The van der Waals surface area contributed by atoms with E-state index in [0.29, 0.717) is 6.54 Å². The van der Waals surface area contributed by atoms with Crippen molar-refractivity contribution in [3.05, 3.63) is 0 Å². The van der Waals surface area contributed by atoms with Crippen LogP contribution >= 0.6 is 0 Å². The summed E-state index contributed by atoms with van der Waals surface area (Å²) in [5.74, 6) is 0. The first kappa shape index (κ1) is 10.8. The summed E-state index contributed by atoms with van der Waals surface area (Å²) in [6, 6.07) is -1.07. The third kappa shape index (κ3) is 1.98. The van der Waals surface area contributed by atoms with E-state index in [1.54, 1.807) is 0 Å². The fourth-order valence-electron chi connectivity index (χ4n) is 1.47. The summed E-state index contributed by atoms with van der Waals surface area (Å²) in [5, 5.41) is 0. The summed E-state index contributed by atoms with van der Waals surface area (Å²) >= 11 is 0. The molecule has 0 unspecified atom stereocenters. The lowest BCUT2D eigenvalue weighted by molar-refractivity contribution is -0.196. The van der Waals surface area contributed by atoms with Crippen molar-refractivity contribution in [2.45, 2.75) is 30.5 Å². The molecule has 6 heteroatoms. The molecular formula is C7H18N4O2. The first-order valence-electron chi connectivity index (χ1n) is 4.27. The molecular weight excluding hydrogens is 172 g/mol. The Kier molecular flexibility index (Phi) is 3.60. The minimum atomic E-state index is -0.511. The Bertz CT molecular complexity index is 149. The first-order valence-corrected chi connectivity index (χ1v) is 4.27. The molecule has 0 saturated carbocycles. The fraction of sp³-hybridized carbons (Fsp3) is 1.00. The van der Waals surface area contributed by atoms with E-state index in [-0.39, 0.29) is 18.2 Å². The van der Waals surface area contributed by atoms with Gasteiger partial charge >= 0.3 is 0 Å². The van der Waals surface area contributed by atoms with E-state index in [1.807, 2.05) is 0 Å². The van der Waals surface area contributed by atoms with Crippen molar-refractivity contribution < 1.29 is 9.47 Å². The Morgan fingerprint density at radius 1 is 1.15 bits per heavy atom. The fourth-order valence-corrected chi connectivity index (χ4v) is 1.47. The first-order chi connectivity index (χ1) is 6.11. The van der Waals surface area contributed by atoms with Crippen molar-refractivity contribution in [3.8, 4) is 0 Å². The molecule has 0 amide bonds. The second-order valence-electron chi connectivity index (χ2n) is 3.25. The Labute approximate surface area is 77.5 Å². The topological polar surface area (TPSA) is 123 Å². The Morgan fingerprint density at radius 3 is 2.23 bits per heavy atom. The Balaban J connectivity index is 2.66. The summed E-state index contributed by atoms with van der Waals surface area (Å²) in [6.07, 6.45) is -0.789. The van der Waals surface area contributed by atoms with Gasteiger partial charge in [-0.3, -0.25) is 0 Å². The molecule has 13 heavy (non-hydrogen) atoms. The van der Waals surface area contributed by atoms with E-state index in [9.17, 15) is 0 Å². The van der Waals surface area contributed by atoms with Gasteiger partial charge in [-0.1, -0.05) is 0 Å². The zero-order valence-corrected chi connectivity index (χ0v) is 7.72. The normalized spacial score (nSPS) is 46.4. The molecule has 1 heterocycles. The highest BCUT2D eigenvalue weighted by Gasteiger charge is 2.39. The van der Waals surface area contributed by atoms with Crippen molar-refractivity contribution in [3.63, 3.8) is 0 Å². The zero-order chi connectivity index (χ0) is 10.0. The summed E-state index contributed by atoms with van der Waals surface area (Å²) in [5.41, 5.74) is 22.8. The van der Waals surface area contributed by atoms with Gasteiger partial charge in [-0.25, -0.2) is 0 Å². The van der Waals surface area contributed by atoms with Crippen molar-refractivity contribution in [1.82, 2.24) is 0 Å². The molecule has 0 aromatic heterocycles. The van der Waals surface area contributed by atoms with Crippen LogP contribution in [0.2, 0.25) is 0 Å². The van der Waals surface area contributed by atoms with Crippen molar-refractivity contribution in [1.29, 1.82) is 0 Å². The van der Waals surface area contributed by atoms with E-state index in [4.69, 9.17) is 32.4 Å². The summed E-state index contributed by atoms with van der Waals surface area (Å²) in [4.78, 5) is 0. The predicted molar refractivity (Wildman–Crippen MR) is 48.7 cm³/mol. The van der Waals surface area contributed by atoms with Crippen LogP contribution in [0.3, 0.4) is 0 Å². The standard InChI is InChI=1S/C7H18N4O2/c1-12-7-6(11)5(10)4(9)3(2-8)13-7/h3-7H,2,8-11H2,1H3/t3-,4-,5+,6-,7+/m1/s1. The van der Waals surface area contributed by atoms with Crippen molar-refractivity contribution in [2.24, 2.45) is 22.9 Å². The quantitative estimate of drug-likeness (QED) is 0.376. The molecule has 1 aliphatic heterocycles. The second kappa shape index (κ2) is 4.32. The predicted octanol–water partition coefficient (Wildman–Crippen LogP) is -2.70. The number of hydrogen-bond acceptors (Lipinski definition) is 6. The van der Waals surface area contributed by atoms with Gasteiger partial charge in [0.2, 0.25) is 0 Å². The molecule has 1 saturated heterocycles. The minimum absolute atomic E-state index is 0.278. The van der Waals surface area contributed by atoms with E-state index >= 15 is 0 Å². The molecule has 0 aromatic carbocycles. The van der Waals surface area contributed by atoms with Crippen LogP contribution in [0.4, 0.5) is 0 Å². The third-order valence-electron chi connectivity index (χ3n) is 2.41. The lowest BCUT2D eigenvalue weighted by atomic mass is 9.94. The molecule has 0 aromatic rings. The molecule has 6 nitrogen and oxygen atoms in total. The van der Waals surface area contributed by atoms with Crippen LogP contribution in [-0.2, 0) is 9.47 Å². The number of rotatable bonds is 2. The Hall–Kier alpha value is -0.240.